The number of nitrogens with zero attached hydrogens (tertiary/aromatic N) is 1. The Labute approximate surface area is 184 Å². The Balaban J connectivity index is 1.47. The van der Waals surface area contributed by atoms with Crippen LogP contribution in [0.25, 0.3) is 11.1 Å². The molecule has 6 heteroatoms. The van der Waals surface area contributed by atoms with Crippen LogP contribution in [0.1, 0.15) is 24.0 Å². The maximum Gasteiger partial charge on any atom is 0.410 e. The first-order chi connectivity index (χ1) is 14.7. The molecule has 5 nitrogen and oxygen atoms in total. The summed E-state index contributed by atoms with van der Waals surface area (Å²) in [6.45, 7) is 9.16. The van der Waals surface area contributed by atoms with Gasteiger partial charge in [-0.3, -0.25) is 9.69 Å². The lowest BCUT2D eigenvalue weighted by atomic mass is 9.98. The average Bonchev–Trinajstić information content (AvgIpc) is 3.25. The first-order valence-electron chi connectivity index (χ1n) is 10.7. The Morgan fingerprint density at radius 2 is 1.52 bits per heavy atom. The molecule has 0 spiro atoms. The molecule has 1 atom stereocenters. The van der Waals surface area contributed by atoms with Crippen LogP contribution in [0.2, 0.25) is 19.6 Å². The zero-order chi connectivity index (χ0) is 22.3. The minimum absolute atomic E-state index is 0.0404. The van der Waals surface area contributed by atoms with Crippen LogP contribution in [0.15, 0.2) is 59.3 Å². The Morgan fingerprint density at radius 3 is 2.00 bits per heavy atom. The maximum absolute atomic E-state index is 12.9. The third-order valence-corrected chi connectivity index (χ3v) is 8.70. The summed E-state index contributed by atoms with van der Waals surface area (Å²) >= 11 is 0. The van der Waals surface area contributed by atoms with Gasteiger partial charge in [0, 0.05) is 18.4 Å². The van der Waals surface area contributed by atoms with Gasteiger partial charge in [0.05, 0.1) is 8.07 Å². The van der Waals surface area contributed by atoms with Gasteiger partial charge in [0.2, 0.25) is 0 Å². The van der Waals surface area contributed by atoms with Gasteiger partial charge in [0.25, 0.3) is 0 Å². The molecule has 0 heterocycles. The summed E-state index contributed by atoms with van der Waals surface area (Å²) in [5.74, 6) is -0.866. The number of amides is 1. The molecule has 2 aliphatic carbocycles. The van der Waals surface area contributed by atoms with E-state index in [0.717, 1.165) is 11.1 Å². The Hall–Kier alpha value is -2.86. The second kappa shape index (κ2) is 8.00. The van der Waals surface area contributed by atoms with Crippen LogP contribution < -0.4 is 0 Å². The van der Waals surface area contributed by atoms with Crippen molar-refractivity contribution in [2.75, 3.05) is 19.7 Å². The number of carbonyl (C=O) groups is 2. The molecule has 2 aliphatic rings. The third kappa shape index (κ3) is 4.17. The van der Waals surface area contributed by atoms with Gasteiger partial charge in [0.15, 0.2) is 0 Å². The van der Waals surface area contributed by atoms with Gasteiger partial charge < -0.3 is 9.84 Å². The number of carboxylic acid groups (broad SMARTS) is 1. The molecule has 0 aromatic heterocycles. The fourth-order valence-corrected chi connectivity index (χ4v) is 7.65. The standard InChI is InChI=1S/C25H29NO4Si/c1-16-21(24(16)31(2,3)4)13-26(14-23(27)28)25(29)30-15-22-19-11-7-5-9-17(19)18-10-6-8-12-20(18)22/h5-12,21-22H,13-15H2,1-4H3,(H,27,28). The summed E-state index contributed by atoms with van der Waals surface area (Å²) in [4.78, 5) is 25.7. The fraction of sp³-hybridized carbons (Fsp3) is 0.360. The van der Waals surface area contributed by atoms with Gasteiger partial charge >= 0.3 is 12.1 Å². The van der Waals surface area contributed by atoms with E-state index in [1.54, 1.807) is 0 Å². The number of benzene rings is 2. The van der Waals surface area contributed by atoms with E-state index in [4.69, 9.17) is 4.74 Å². The van der Waals surface area contributed by atoms with Crippen molar-refractivity contribution in [3.8, 4) is 11.1 Å². The largest absolute Gasteiger partial charge is 0.480 e. The van der Waals surface area contributed by atoms with Gasteiger partial charge in [-0.05, 0) is 29.2 Å². The first kappa shape index (κ1) is 21.4. The lowest BCUT2D eigenvalue weighted by Crippen LogP contribution is -2.39. The topological polar surface area (TPSA) is 66.8 Å². The maximum atomic E-state index is 12.9. The number of hydrogen-bond donors (Lipinski definition) is 1. The predicted molar refractivity (Wildman–Crippen MR) is 124 cm³/mol. The minimum Gasteiger partial charge on any atom is -0.480 e. The molecule has 1 unspecified atom stereocenters. The van der Waals surface area contributed by atoms with Gasteiger partial charge in [-0.1, -0.05) is 78.9 Å². The second-order valence-corrected chi connectivity index (χ2v) is 14.5. The highest BCUT2D eigenvalue weighted by molar-refractivity contribution is 6.84. The van der Waals surface area contributed by atoms with Crippen LogP contribution in [0.3, 0.4) is 0 Å². The number of ether oxygens (including phenoxy) is 1. The lowest BCUT2D eigenvalue weighted by Gasteiger charge is -2.23. The Morgan fingerprint density at radius 1 is 0.968 bits per heavy atom. The highest BCUT2D eigenvalue weighted by Gasteiger charge is 2.43. The van der Waals surface area contributed by atoms with Crippen molar-refractivity contribution in [2.24, 2.45) is 5.92 Å². The van der Waals surface area contributed by atoms with Crippen molar-refractivity contribution >= 4 is 20.1 Å². The summed E-state index contributed by atoms with van der Waals surface area (Å²) in [5, 5.41) is 10.8. The molecule has 31 heavy (non-hydrogen) atoms. The highest BCUT2D eigenvalue weighted by Crippen LogP contribution is 2.46. The van der Waals surface area contributed by atoms with Crippen molar-refractivity contribution in [1.82, 2.24) is 4.90 Å². The zero-order valence-corrected chi connectivity index (χ0v) is 19.5. The average molecular weight is 436 g/mol. The first-order valence-corrected chi connectivity index (χ1v) is 14.2. The summed E-state index contributed by atoms with van der Waals surface area (Å²) in [5.41, 5.74) is 5.92. The van der Waals surface area contributed by atoms with Gasteiger partial charge in [-0.2, -0.15) is 0 Å². The molecule has 1 amide bonds. The fourth-order valence-electron chi connectivity index (χ4n) is 5.01. The number of fused-ring (bicyclic) bond motifs is 3. The molecule has 0 bridgehead atoms. The smallest absolute Gasteiger partial charge is 0.410 e. The summed E-state index contributed by atoms with van der Waals surface area (Å²) in [6.07, 6.45) is -0.557. The third-order valence-electron chi connectivity index (χ3n) is 6.34. The quantitative estimate of drug-likeness (QED) is 0.611. The van der Waals surface area contributed by atoms with Crippen LogP contribution in [0.5, 0.6) is 0 Å². The van der Waals surface area contributed by atoms with Crippen LogP contribution in [0, 0.1) is 5.92 Å². The van der Waals surface area contributed by atoms with E-state index in [-0.39, 0.29) is 25.0 Å². The second-order valence-electron chi connectivity index (χ2n) is 9.48. The van der Waals surface area contributed by atoms with E-state index in [1.807, 2.05) is 24.3 Å². The molecule has 0 radical (unpaired) electrons. The highest BCUT2D eigenvalue weighted by atomic mass is 28.3. The van der Waals surface area contributed by atoms with Crippen molar-refractivity contribution in [2.45, 2.75) is 32.5 Å². The molecule has 0 fully saturated rings. The number of carboxylic acids is 1. The number of rotatable bonds is 7. The molecule has 0 saturated heterocycles. The van der Waals surface area contributed by atoms with Crippen molar-refractivity contribution in [1.29, 1.82) is 0 Å². The van der Waals surface area contributed by atoms with E-state index in [0.29, 0.717) is 6.54 Å². The van der Waals surface area contributed by atoms with E-state index in [2.05, 4.69) is 50.8 Å². The molecule has 2 aromatic rings. The van der Waals surface area contributed by atoms with E-state index in [9.17, 15) is 14.7 Å². The Bertz CT molecular complexity index is 1020. The van der Waals surface area contributed by atoms with Gasteiger partial charge in [-0.25, -0.2) is 4.79 Å². The molecule has 4 rings (SSSR count). The summed E-state index contributed by atoms with van der Waals surface area (Å²) in [7, 11) is -1.46. The van der Waals surface area contributed by atoms with Gasteiger partial charge in [0.1, 0.15) is 13.2 Å². The summed E-state index contributed by atoms with van der Waals surface area (Å²) < 4.78 is 5.70. The Kier molecular flexibility index (Phi) is 5.52. The van der Waals surface area contributed by atoms with Gasteiger partial charge in [-0.15, -0.1) is 0 Å². The van der Waals surface area contributed by atoms with E-state index >= 15 is 0 Å². The summed E-state index contributed by atoms with van der Waals surface area (Å²) in [6, 6.07) is 16.3. The normalized spacial score (nSPS) is 17.2. The molecule has 1 N–H and O–H groups in total. The molecule has 0 aliphatic heterocycles. The van der Waals surface area contributed by atoms with Crippen LogP contribution in [-0.2, 0) is 9.53 Å². The SMILES string of the molecule is CC1=C([Si](C)(C)C)C1CN(CC(=O)O)C(=O)OCC1c2ccccc2-c2ccccc21. The molecular formula is C25H29NO4Si. The predicted octanol–water partition coefficient (Wildman–Crippen LogP) is 5.15. The van der Waals surface area contributed by atoms with Crippen LogP contribution in [0.4, 0.5) is 4.79 Å². The monoisotopic (exact) mass is 435 g/mol. The molecule has 2 aromatic carbocycles. The van der Waals surface area contributed by atoms with E-state index < -0.39 is 20.1 Å². The van der Waals surface area contributed by atoms with E-state index in [1.165, 1.54) is 26.8 Å². The number of carbonyl (C=O) groups excluding carboxylic acids is 1. The minimum atomic E-state index is -1.46. The van der Waals surface area contributed by atoms with Crippen molar-refractivity contribution in [3.63, 3.8) is 0 Å². The van der Waals surface area contributed by atoms with Crippen LogP contribution >= 0.6 is 0 Å². The molecular weight excluding hydrogens is 406 g/mol. The van der Waals surface area contributed by atoms with Crippen molar-refractivity contribution in [3.05, 3.63) is 70.4 Å². The zero-order valence-electron chi connectivity index (χ0n) is 18.5. The molecule has 162 valence electrons. The number of aliphatic carboxylic acids is 1. The van der Waals surface area contributed by atoms with Crippen molar-refractivity contribution < 1.29 is 19.4 Å². The lowest BCUT2D eigenvalue weighted by molar-refractivity contribution is -0.138. The molecule has 0 saturated carbocycles. The number of hydrogen-bond acceptors (Lipinski definition) is 3. The van der Waals surface area contributed by atoms with Crippen LogP contribution in [-0.4, -0.2) is 49.8 Å².